The minimum absolute atomic E-state index is 0.230. The van der Waals surface area contributed by atoms with Crippen molar-refractivity contribution >= 4 is 11.9 Å². The van der Waals surface area contributed by atoms with Crippen molar-refractivity contribution < 1.29 is 29.3 Å². The zero-order valence-corrected chi connectivity index (χ0v) is 16.3. The van der Waals surface area contributed by atoms with E-state index in [2.05, 4.69) is 20.8 Å². The maximum Gasteiger partial charge on any atom is 0.338 e. The van der Waals surface area contributed by atoms with Gasteiger partial charge in [0.2, 0.25) is 0 Å². The lowest BCUT2D eigenvalue weighted by atomic mass is 9.72. The average Bonchev–Trinajstić information content (AvgIpc) is 2.61. The summed E-state index contributed by atoms with van der Waals surface area (Å²) in [6.07, 6.45) is 3.71. The molecule has 0 spiro atoms. The van der Waals surface area contributed by atoms with Crippen molar-refractivity contribution in [2.24, 2.45) is 11.3 Å². The molecular formula is C20H34O6. The molecule has 0 aromatic carbocycles. The topological polar surface area (TPSA) is 93.1 Å². The molecule has 0 radical (unpaired) electrons. The Morgan fingerprint density at radius 2 is 1.19 bits per heavy atom. The summed E-state index contributed by atoms with van der Waals surface area (Å²) in [5, 5.41) is 19.9. The van der Waals surface area contributed by atoms with E-state index in [1.54, 1.807) is 0 Å². The molecule has 6 nitrogen and oxygen atoms in total. The summed E-state index contributed by atoms with van der Waals surface area (Å²) in [5.74, 6) is -1.31. The maximum absolute atomic E-state index is 12.1. The third-order valence-electron chi connectivity index (χ3n) is 5.80. The van der Waals surface area contributed by atoms with Gasteiger partial charge in [0.1, 0.15) is 12.2 Å². The van der Waals surface area contributed by atoms with Gasteiger partial charge in [-0.25, -0.2) is 9.59 Å². The molecule has 0 heterocycles. The molecule has 0 aromatic heterocycles. The monoisotopic (exact) mass is 370 g/mol. The molecule has 2 saturated carbocycles. The second kappa shape index (κ2) is 9.18. The van der Waals surface area contributed by atoms with Gasteiger partial charge in [-0.3, -0.25) is 0 Å². The highest BCUT2D eigenvalue weighted by Gasteiger charge is 2.37. The Bertz CT molecular complexity index is 469. The number of ether oxygens (including phenoxy) is 2. The highest BCUT2D eigenvalue weighted by atomic mass is 16.6. The number of hydrogen-bond donors (Lipinski definition) is 2. The van der Waals surface area contributed by atoms with Gasteiger partial charge in [-0.2, -0.15) is 0 Å². The van der Waals surface area contributed by atoms with Crippen molar-refractivity contribution in [3.05, 3.63) is 0 Å². The molecule has 2 rings (SSSR count). The summed E-state index contributed by atoms with van der Waals surface area (Å²) < 4.78 is 10.5. The lowest BCUT2D eigenvalue weighted by molar-refractivity contribution is -0.180. The van der Waals surface area contributed by atoms with Crippen LogP contribution < -0.4 is 0 Å². The summed E-state index contributed by atoms with van der Waals surface area (Å²) in [5.41, 5.74) is 0.230. The fourth-order valence-electron chi connectivity index (χ4n) is 3.96. The summed E-state index contributed by atoms with van der Waals surface area (Å²) in [6.45, 7) is 6.63. The van der Waals surface area contributed by atoms with Crippen LogP contribution in [0.25, 0.3) is 0 Å². The van der Waals surface area contributed by atoms with Crippen LogP contribution >= 0.6 is 0 Å². The molecule has 0 aliphatic heterocycles. The molecule has 0 unspecified atom stereocenters. The molecule has 0 aromatic rings. The molecule has 0 amide bonds. The average molecular weight is 370 g/mol. The van der Waals surface area contributed by atoms with E-state index in [0.29, 0.717) is 5.92 Å². The van der Waals surface area contributed by atoms with E-state index in [-0.39, 0.29) is 17.6 Å². The third kappa shape index (κ3) is 5.95. The van der Waals surface area contributed by atoms with E-state index in [1.165, 1.54) is 0 Å². The Hall–Kier alpha value is -1.14. The largest absolute Gasteiger partial charge is 0.460 e. The van der Waals surface area contributed by atoms with Crippen LogP contribution in [0.2, 0.25) is 0 Å². The molecule has 26 heavy (non-hydrogen) atoms. The first-order valence-corrected chi connectivity index (χ1v) is 9.95. The Kier molecular flexibility index (Phi) is 7.47. The van der Waals surface area contributed by atoms with Crippen molar-refractivity contribution in [1.29, 1.82) is 0 Å². The van der Waals surface area contributed by atoms with Crippen LogP contribution in [0, 0.1) is 11.3 Å². The first kappa shape index (κ1) is 21.2. The fraction of sp³-hybridized carbons (Fsp3) is 0.900. The molecule has 2 aliphatic carbocycles. The maximum atomic E-state index is 12.1. The number of carbonyl (C=O) groups excluding carboxylic acids is 2. The lowest BCUT2D eigenvalue weighted by Crippen LogP contribution is -2.44. The Morgan fingerprint density at radius 3 is 1.62 bits per heavy atom. The van der Waals surface area contributed by atoms with Gasteiger partial charge < -0.3 is 19.7 Å². The molecule has 2 aliphatic rings. The first-order valence-electron chi connectivity index (χ1n) is 9.95. The number of aliphatic hydroxyl groups excluding tert-OH is 2. The van der Waals surface area contributed by atoms with Crippen LogP contribution in [0.5, 0.6) is 0 Å². The van der Waals surface area contributed by atoms with Crippen molar-refractivity contribution in [3.8, 4) is 0 Å². The lowest BCUT2D eigenvalue weighted by Gasteiger charge is -2.36. The highest BCUT2D eigenvalue weighted by Crippen LogP contribution is 2.38. The second-order valence-corrected chi connectivity index (χ2v) is 8.86. The second-order valence-electron chi connectivity index (χ2n) is 8.86. The molecule has 150 valence electrons. The molecule has 2 N–H and O–H groups in total. The Labute approximate surface area is 156 Å². The van der Waals surface area contributed by atoms with Crippen molar-refractivity contribution in [2.75, 3.05) is 0 Å². The van der Waals surface area contributed by atoms with E-state index in [0.717, 1.165) is 57.8 Å². The number of aliphatic hydroxyl groups is 2. The normalized spacial score (nSPS) is 27.4. The molecule has 2 atom stereocenters. The summed E-state index contributed by atoms with van der Waals surface area (Å²) in [6, 6.07) is 0. The number of esters is 2. The van der Waals surface area contributed by atoms with Gasteiger partial charge in [-0.1, -0.05) is 27.2 Å². The highest BCUT2D eigenvalue weighted by molar-refractivity contribution is 5.85. The number of rotatable bonds is 5. The first-order chi connectivity index (χ1) is 12.2. The molecule has 2 fully saturated rings. The van der Waals surface area contributed by atoms with Crippen LogP contribution in [0.15, 0.2) is 0 Å². The zero-order chi connectivity index (χ0) is 19.3. The van der Waals surface area contributed by atoms with Gasteiger partial charge in [-0.05, 0) is 62.7 Å². The summed E-state index contributed by atoms with van der Waals surface area (Å²) in [7, 11) is 0. The van der Waals surface area contributed by atoms with E-state index in [1.807, 2.05) is 0 Å². The minimum atomic E-state index is -1.90. The van der Waals surface area contributed by atoms with Gasteiger partial charge in [0, 0.05) is 0 Å². The fourth-order valence-corrected chi connectivity index (χ4v) is 3.96. The van der Waals surface area contributed by atoms with Gasteiger partial charge in [0.05, 0.1) is 0 Å². The van der Waals surface area contributed by atoms with E-state index in [4.69, 9.17) is 9.47 Å². The van der Waals surface area contributed by atoms with Crippen LogP contribution in [0.3, 0.4) is 0 Å². The van der Waals surface area contributed by atoms with Crippen LogP contribution in [0.4, 0.5) is 0 Å². The number of hydrogen-bond acceptors (Lipinski definition) is 6. The van der Waals surface area contributed by atoms with E-state index >= 15 is 0 Å². The molecular weight excluding hydrogens is 336 g/mol. The predicted molar refractivity (Wildman–Crippen MR) is 96.3 cm³/mol. The van der Waals surface area contributed by atoms with Gasteiger partial charge in [0.15, 0.2) is 12.2 Å². The van der Waals surface area contributed by atoms with Crippen LogP contribution in [0.1, 0.15) is 78.6 Å². The smallest absolute Gasteiger partial charge is 0.338 e. The van der Waals surface area contributed by atoms with Gasteiger partial charge >= 0.3 is 11.9 Å². The Balaban J connectivity index is 1.76. The predicted octanol–water partition coefficient (Wildman–Crippen LogP) is 2.73. The molecule has 0 bridgehead atoms. The number of carbonyl (C=O) groups is 2. The van der Waals surface area contributed by atoms with Crippen molar-refractivity contribution in [2.45, 2.75) is 103 Å². The summed E-state index contributed by atoms with van der Waals surface area (Å²) in [4.78, 5) is 24.1. The molecule has 0 saturated heterocycles. The SMILES string of the molecule is CC(C)(C)C1CCC(OC(=O)[C@H](O)[C@@H](O)C(=O)OC2CCCCC2)CC1. The van der Waals surface area contributed by atoms with Crippen LogP contribution in [-0.2, 0) is 19.1 Å². The van der Waals surface area contributed by atoms with E-state index < -0.39 is 24.1 Å². The standard InChI is InChI=1S/C20H34O6/c1-20(2,3)13-9-11-15(12-10-13)26-19(24)17(22)16(21)18(23)25-14-7-5-4-6-8-14/h13-17,21-22H,4-12H2,1-3H3/t13?,15?,16-,17-/m1/s1. The molecule has 6 heteroatoms. The van der Waals surface area contributed by atoms with Crippen molar-refractivity contribution in [1.82, 2.24) is 0 Å². The summed E-state index contributed by atoms with van der Waals surface area (Å²) >= 11 is 0. The quantitative estimate of drug-likeness (QED) is 0.723. The van der Waals surface area contributed by atoms with Crippen LogP contribution in [-0.4, -0.2) is 46.6 Å². The van der Waals surface area contributed by atoms with Gasteiger partial charge in [-0.15, -0.1) is 0 Å². The third-order valence-corrected chi connectivity index (χ3v) is 5.80. The van der Waals surface area contributed by atoms with Gasteiger partial charge in [0.25, 0.3) is 0 Å². The van der Waals surface area contributed by atoms with E-state index in [9.17, 15) is 19.8 Å². The Morgan fingerprint density at radius 1 is 0.769 bits per heavy atom. The minimum Gasteiger partial charge on any atom is -0.460 e. The zero-order valence-electron chi connectivity index (χ0n) is 16.3. The van der Waals surface area contributed by atoms with Crippen molar-refractivity contribution in [3.63, 3.8) is 0 Å².